The second-order valence-corrected chi connectivity index (χ2v) is 6.34. The molecule has 5 nitrogen and oxygen atoms in total. The maximum absolute atomic E-state index is 12.3. The molecule has 0 aliphatic carbocycles. The van der Waals surface area contributed by atoms with Crippen LogP contribution >= 0.6 is 11.3 Å². The molecule has 1 aromatic carbocycles. The Kier molecular flexibility index (Phi) is 6.31. The first-order valence-corrected chi connectivity index (χ1v) is 8.32. The minimum Gasteiger partial charge on any atom is -0.352 e. The maximum atomic E-state index is 12.3. The number of hydrogen-bond acceptors (Lipinski definition) is 4. The van der Waals surface area contributed by atoms with Crippen molar-refractivity contribution in [2.45, 2.75) is 6.42 Å². The fourth-order valence-electron chi connectivity index (χ4n) is 2.07. The molecule has 2 aromatic rings. The molecule has 0 spiro atoms. The lowest BCUT2D eigenvalue weighted by Gasteiger charge is -2.12. The van der Waals surface area contributed by atoms with Crippen LogP contribution in [-0.2, 0) is 0 Å². The Balaban J connectivity index is 1.99. The number of carbonyl (C=O) groups is 2. The molecular weight excluding hydrogens is 310 g/mol. The van der Waals surface area contributed by atoms with Crippen LogP contribution in [0.1, 0.15) is 26.5 Å². The van der Waals surface area contributed by atoms with Gasteiger partial charge in [-0.2, -0.15) is 0 Å². The van der Waals surface area contributed by atoms with Crippen LogP contribution in [0.3, 0.4) is 0 Å². The molecule has 6 heteroatoms. The molecular formula is C17H21N3O2S. The molecule has 0 atom stereocenters. The zero-order chi connectivity index (χ0) is 16.7. The maximum Gasteiger partial charge on any atom is 0.265 e. The lowest BCUT2D eigenvalue weighted by atomic mass is 10.1. The molecule has 0 radical (unpaired) electrons. The van der Waals surface area contributed by atoms with Crippen molar-refractivity contribution in [1.29, 1.82) is 0 Å². The molecule has 0 fully saturated rings. The van der Waals surface area contributed by atoms with Crippen LogP contribution in [0.2, 0.25) is 0 Å². The number of nitrogens with zero attached hydrogens (tertiary/aromatic N) is 1. The second kappa shape index (κ2) is 8.45. The summed E-state index contributed by atoms with van der Waals surface area (Å²) in [4.78, 5) is 27.1. The quantitative estimate of drug-likeness (QED) is 0.767. The van der Waals surface area contributed by atoms with Crippen molar-refractivity contribution in [2.75, 3.05) is 32.5 Å². The lowest BCUT2D eigenvalue weighted by molar-refractivity contribution is 0.0953. The molecule has 122 valence electrons. The van der Waals surface area contributed by atoms with Crippen molar-refractivity contribution in [1.82, 2.24) is 10.2 Å². The number of benzene rings is 1. The van der Waals surface area contributed by atoms with Crippen molar-refractivity contribution in [3.63, 3.8) is 0 Å². The van der Waals surface area contributed by atoms with E-state index in [0.717, 1.165) is 13.0 Å². The predicted molar refractivity (Wildman–Crippen MR) is 94.2 cm³/mol. The first-order chi connectivity index (χ1) is 11.1. The van der Waals surface area contributed by atoms with E-state index in [1.54, 1.807) is 30.3 Å². The summed E-state index contributed by atoms with van der Waals surface area (Å²) in [6.45, 7) is 1.52. The Morgan fingerprint density at radius 3 is 2.57 bits per heavy atom. The highest BCUT2D eigenvalue weighted by Gasteiger charge is 2.14. The SMILES string of the molecule is CN(C)CCCNC(=O)c1ccccc1NC(=O)c1cccs1. The Bertz CT molecular complexity index is 654. The summed E-state index contributed by atoms with van der Waals surface area (Å²) in [5.41, 5.74) is 0.998. The smallest absolute Gasteiger partial charge is 0.265 e. The zero-order valence-corrected chi connectivity index (χ0v) is 14.2. The average molecular weight is 331 g/mol. The van der Waals surface area contributed by atoms with Crippen LogP contribution in [0.25, 0.3) is 0 Å². The standard InChI is InChI=1S/C17H21N3O2S/c1-20(2)11-6-10-18-16(21)13-7-3-4-8-14(13)19-17(22)15-9-5-12-23-15/h3-5,7-9,12H,6,10-11H2,1-2H3,(H,18,21)(H,19,22). The van der Waals surface area contributed by atoms with Crippen molar-refractivity contribution < 1.29 is 9.59 Å². The summed E-state index contributed by atoms with van der Waals surface area (Å²) in [5.74, 6) is -0.376. The third-order valence-electron chi connectivity index (χ3n) is 3.23. The number of amides is 2. The van der Waals surface area contributed by atoms with E-state index in [4.69, 9.17) is 0 Å². The fourth-order valence-corrected chi connectivity index (χ4v) is 2.69. The highest BCUT2D eigenvalue weighted by molar-refractivity contribution is 7.12. The topological polar surface area (TPSA) is 61.4 Å². The van der Waals surface area contributed by atoms with E-state index < -0.39 is 0 Å². The van der Waals surface area contributed by atoms with Gasteiger partial charge in [-0.3, -0.25) is 9.59 Å². The van der Waals surface area contributed by atoms with Gasteiger partial charge in [0.1, 0.15) is 0 Å². The van der Waals surface area contributed by atoms with Gasteiger partial charge in [0.05, 0.1) is 16.1 Å². The number of anilines is 1. The van der Waals surface area contributed by atoms with Gasteiger partial charge in [-0.05, 0) is 50.6 Å². The number of carbonyl (C=O) groups excluding carboxylic acids is 2. The average Bonchev–Trinajstić information content (AvgIpc) is 3.06. The van der Waals surface area contributed by atoms with E-state index in [1.165, 1.54) is 11.3 Å². The van der Waals surface area contributed by atoms with Crippen molar-refractivity contribution in [3.8, 4) is 0 Å². The zero-order valence-electron chi connectivity index (χ0n) is 13.3. The molecule has 0 bridgehead atoms. The number of nitrogens with one attached hydrogen (secondary N) is 2. The molecule has 0 aliphatic heterocycles. The third kappa shape index (κ3) is 5.19. The van der Waals surface area contributed by atoms with Gasteiger partial charge in [0, 0.05) is 6.54 Å². The van der Waals surface area contributed by atoms with Gasteiger partial charge in [0.2, 0.25) is 0 Å². The second-order valence-electron chi connectivity index (χ2n) is 5.39. The molecule has 0 saturated heterocycles. The third-order valence-corrected chi connectivity index (χ3v) is 4.10. The van der Waals surface area contributed by atoms with Gasteiger partial charge in [0.25, 0.3) is 11.8 Å². The molecule has 23 heavy (non-hydrogen) atoms. The molecule has 2 rings (SSSR count). The number of thiophene rings is 1. The molecule has 0 unspecified atom stereocenters. The van der Waals surface area contributed by atoms with E-state index in [1.807, 2.05) is 25.5 Å². The number of rotatable bonds is 7. The van der Waals surface area contributed by atoms with Crippen molar-refractivity contribution in [3.05, 3.63) is 52.2 Å². The van der Waals surface area contributed by atoms with Crippen LogP contribution in [0, 0.1) is 0 Å². The summed E-state index contributed by atoms with van der Waals surface area (Å²) in [6, 6.07) is 10.6. The Labute approximate surface area is 140 Å². The van der Waals surface area contributed by atoms with Gasteiger partial charge in [-0.1, -0.05) is 18.2 Å². The summed E-state index contributed by atoms with van der Waals surface area (Å²) in [6.07, 6.45) is 0.877. The number of para-hydroxylation sites is 1. The lowest BCUT2D eigenvalue weighted by Crippen LogP contribution is -2.28. The van der Waals surface area contributed by atoms with Crippen molar-refractivity contribution in [2.24, 2.45) is 0 Å². The van der Waals surface area contributed by atoms with E-state index in [-0.39, 0.29) is 11.8 Å². The first-order valence-electron chi connectivity index (χ1n) is 7.44. The first kappa shape index (κ1) is 17.2. The summed E-state index contributed by atoms with van der Waals surface area (Å²) in [5, 5.41) is 7.54. The van der Waals surface area contributed by atoms with Crippen molar-refractivity contribution >= 4 is 28.8 Å². The van der Waals surface area contributed by atoms with E-state index in [0.29, 0.717) is 22.7 Å². The predicted octanol–water partition coefficient (Wildman–Crippen LogP) is 2.68. The molecule has 0 saturated carbocycles. The van der Waals surface area contributed by atoms with E-state index in [9.17, 15) is 9.59 Å². The largest absolute Gasteiger partial charge is 0.352 e. The molecule has 2 N–H and O–H groups in total. The van der Waals surface area contributed by atoms with Crippen LogP contribution in [-0.4, -0.2) is 43.9 Å². The Morgan fingerprint density at radius 1 is 1.09 bits per heavy atom. The van der Waals surface area contributed by atoms with Crippen LogP contribution in [0.4, 0.5) is 5.69 Å². The van der Waals surface area contributed by atoms with E-state index >= 15 is 0 Å². The van der Waals surface area contributed by atoms with Gasteiger partial charge in [-0.15, -0.1) is 11.3 Å². The molecule has 1 aromatic heterocycles. The number of hydrogen-bond donors (Lipinski definition) is 2. The van der Waals surface area contributed by atoms with Gasteiger partial charge in [-0.25, -0.2) is 0 Å². The minimum absolute atomic E-state index is 0.175. The fraction of sp³-hybridized carbons (Fsp3) is 0.294. The van der Waals surface area contributed by atoms with Crippen LogP contribution < -0.4 is 10.6 Å². The summed E-state index contributed by atoms with van der Waals surface area (Å²) >= 11 is 1.37. The van der Waals surface area contributed by atoms with Gasteiger partial charge < -0.3 is 15.5 Å². The normalized spacial score (nSPS) is 10.6. The Morgan fingerprint density at radius 2 is 1.87 bits per heavy atom. The highest BCUT2D eigenvalue weighted by atomic mass is 32.1. The van der Waals surface area contributed by atoms with Crippen LogP contribution in [0.15, 0.2) is 41.8 Å². The summed E-state index contributed by atoms with van der Waals surface area (Å²) < 4.78 is 0. The monoisotopic (exact) mass is 331 g/mol. The van der Waals surface area contributed by atoms with E-state index in [2.05, 4.69) is 15.5 Å². The highest BCUT2D eigenvalue weighted by Crippen LogP contribution is 2.17. The van der Waals surface area contributed by atoms with Crippen LogP contribution in [0.5, 0.6) is 0 Å². The molecule has 0 aliphatic rings. The minimum atomic E-state index is -0.201. The molecule has 2 amide bonds. The molecule has 1 heterocycles. The Hall–Kier alpha value is -2.18. The van der Waals surface area contributed by atoms with Gasteiger partial charge >= 0.3 is 0 Å². The van der Waals surface area contributed by atoms with Gasteiger partial charge in [0.15, 0.2) is 0 Å². The summed E-state index contributed by atoms with van der Waals surface area (Å²) in [7, 11) is 3.99.